The van der Waals surface area contributed by atoms with E-state index in [0.717, 1.165) is 47.1 Å². The molecule has 15 heteroatoms. The van der Waals surface area contributed by atoms with Crippen LogP contribution in [0.1, 0.15) is 101 Å². The van der Waals surface area contributed by atoms with Gasteiger partial charge in [-0.3, -0.25) is 29.1 Å². The maximum Gasteiger partial charge on any atom is 0.329 e. The quantitative estimate of drug-likeness (QED) is 0.0655. The van der Waals surface area contributed by atoms with Gasteiger partial charge in [0.15, 0.2) is 0 Å². The molecule has 2 aliphatic rings. The van der Waals surface area contributed by atoms with Gasteiger partial charge in [0.2, 0.25) is 11.6 Å². The molecule has 2 atom stereocenters. The third kappa shape index (κ3) is 14.5. The zero-order valence-corrected chi connectivity index (χ0v) is 40.1. The van der Waals surface area contributed by atoms with Crippen LogP contribution in [0.25, 0.3) is 0 Å². The molecule has 0 radical (unpaired) electrons. The summed E-state index contributed by atoms with van der Waals surface area (Å²) in [5.74, 6) is -2.72. The monoisotopic (exact) mass is 922 g/mol. The second-order valence-corrected chi connectivity index (χ2v) is 17.9. The van der Waals surface area contributed by atoms with Gasteiger partial charge in [0.25, 0.3) is 11.8 Å². The minimum Gasteiger partial charge on any atom is -0.497 e. The number of hydrogen-bond acceptors (Lipinski definition) is 12. The number of Topliss-reactive ketones (excluding diaryl/α,β-unsaturated/α-hetero) is 2. The number of carbonyl (C=O) groups is 6. The van der Waals surface area contributed by atoms with Gasteiger partial charge in [0.05, 0.1) is 20.8 Å². The van der Waals surface area contributed by atoms with Crippen LogP contribution in [0, 0.1) is 10.8 Å². The number of nitrogens with zero attached hydrogens (tertiary/aromatic N) is 4. The number of methoxy groups -OCH3 is 2. The van der Waals surface area contributed by atoms with E-state index < -0.39 is 58.2 Å². The maximum absolute atomic E-state index is 13.2. The largest absolute Gasteiger partial charge is 0.497 e. The molecule has 2 aromatic carbocycles. The molecule has 0 saturated heterocycles. The lowest BCUT2D eigenvalue weighted by atomic mass is 9.83. The third-order valence-corrected chi connectivity index (χ3v) is 12.5. The van der Waals surface area contributed by atoms with Crippen molar-refractivity contribution >= 4 is 35.3 Å². The van der Waals surface area contributed by atoms with Crippen LogP contribution in [0.5, 0.6) is 11.5 Å². The van der Waals surface area contributed by atoms with Gasteiger partial charge in [-0.15, -0.1) is 0 Å². The Morgan fingerprint density at radius 1 is 0.657 bits per heavy atom. The van der Waals surface area contributed by atoms with Crippen LogP contribution in [0.3, 0.4) is 0 Å². The van der Waals surface area contributed by atoms with Crippen molar-refractivity contribution in [1.82, 2.24) is 19.8 Å². The zero-order valence-electron chi connectivity index (χ0n) is 40.1. The number of aliphatic hydroxyl groups is 1. The lowest BCUT2D eigenvalue weighted by Crippen LogP contribution is -2.53. The number of fused-ring (bicyclic) bond motifs is 2. The number of aliphatic carboxylic acids is 1. The molecule has 2 N–H and O–H groups in total. The molecule has 4 aromatic rings. The number of aliphatic hydroxyl groups excluding tert-OH is 1. The summed E-state index contributed by atoms with van der Waals surface area (Å²) in [4.78, 5) is 86.6. The Morgan fingerprint density at radius 2 is 1.10 bits per heavy atom. The van der Waals surface area contributed by atoms with Crippen molar-refractivity contribution in [1.29, 1.82) is 0 Å². The number of aryl methyl sites for hydroxylation is 2. The van der Waals surface area contributed by atoms with Crippen LogP contribution in [-0.2, 0) is 72.3 Å². The summed E-state index contributed by atoms with van der Waals surface area (Å²) in [5.41, 5.74) is 4.12. The maximum atomic E-state index is 13.2. The molecule has 0 bridgehead atoms. The average Bonchev–Trinajstić information content (AvgIpc) is 3.35. The van der Waals surface area contributed by atoms with Crippen LogP contribution >= 0.6 is 0 Å². The number of esters is 1. The summed E-state index contributed by atoms with van der Waals surface area (Å²) < 4.78 is 16.0. The van der Waals surface area contributed by atoms with Gasteiger partial charge in [-0.25, -0.2) is 9.59 Å². The van der Waals surface area contributed by atoms with Crippen molar-refractivity contribution in [3.8, 4) is 11.5 Å². The molecule has 67 heavy (non-hydrogen) atoms. The Labute approximate surface area is 393 Å². The molecule has 4 heterocycles. The fourth-order valence-electron chi connectivity index (χ4n) is 7.31. The fraction of sp³-hybridized carbons (Fsp3) is 0.462. The van der Waals surface area contributed by atoms with Gasteiger partial charge in [-0.05, 0) is 108 Å². The highest BCUT2D eigenvalue weighted by atomic mass is 16.5. The molecule has 15 nitrogen and oxygen atoms in total. The number of ketones is 2. The van der Waals surface area contributed by atoms with Crippen LogP contribution in [0.15, 0.2) is 85.5 Å². The summed E-state index contributed by atoms with van der Waals surface area (Å²) in [6.45, 7) is 11.3. The number of aromatic nitrogens is 2. The Hall–Kier alpha value is -6.48. The third-order valence-electron chi connectivity index (χ3n) is 12.5. The first-order valence-corrected chi connectivity index (χ1v) is 22.7. The Balaban J connectivity index is 0.000000250. The fourth-order valence-corrected chi connectivity index (χ4v) is 7.31. The first-order valence-electron chi connectivity index (χ1n) is 22.7. The van der Waals surface area contributed by atoms with Gasteiger partial charge < -0.3 is 34.2 Å². The molecule has 2 unspecified atom stereocenters. The SMILES string of the molecule is CCC(C)(C)C(=O)C(=O)N1Cc2cc(OC)ccc2CC1C(=O)O.CCC(C)(C)C(=O)C(=O)N1Cc2cc(OC)ccc2CC1C(=O)OCCCc1cccnc1.OCCCc1cccnc1. The highest BCUT2D eigenvalue weighted by molar-refractivity contribution is 6.38. The number of carboxylic acids is 1. The van der Waals surface area contributed by atoms with E-state index in [4.69, 9.17) is 19.3 Å². The second-order valence-electron chi connectivity index (χ2n) is 17.9. The van der Waals surface area contributed by atoms with Crippen molar-refractivity contribution in [2.45, 2.75) is 118 Å². The summed E-state index contributed by atoms with van der Waals surface area (Å²) >= 11 is 0. The minimum atomic E-state index is -1.10. The first-order chi connectivity index (χ1) is 31.9. The minimum absolute atomic E-state index is 0.0911. The van der Waals surface area contributed by atoms with Crippen molar-refractivity contribution in [3.63, 3.8) is 0 Å². The van der Waals surface area contributed by atoms with E-state index in [9.17, 15) is 33.9 Å². The topological polar surface area (TPSA) is 203 Å². The van der Waals surface area contributed by atoms with Crippen molar-refractivity contribution in [2.75, 3.05) is 27.4 Å². The number of ether oxygens (including phenoxy) is 3. The van der Waals surface area contributed by atoms with Gasteiger partial charge in [-0.1, -0.05) is 65.8 Å². The standard InChI is InChI=1S/C26H32N2O5.C18H23NO5.C8H11NO/c1-5-26(2,3)23(29)24(30)28-17-20-14-21(32-4)11-10-19(20)15-22(28)25(31)33-13-7-9-18-8-6-12-27-16-18;1-5-18(2,3)15(20)16(21)19-10-12-8-13(24-4)7-6-11(12)9-14(19)17(22)23;10-6-2-4-8-3-1-5-9-7-8/h6,8,10-12,14,16,22H,5,7,9,13,15,17H2,1-4H3;6-8,14H,5,9-10H2,1-4H3,(H,22,23);1,3,5,7,10H,2,4,6H2. The molecule has 0 aliphatic carbocycles. The summed E-state index contributed by atoms with van der Waals surface area (Å²) in [6.07, 6.45) is 11.7. The average molecular weight is 923 g/mol. The van der Waals surface area contributed by atoms with E-state index in [-0.39, 0.29) is 32.7 Å². The molecule has 0 spiro atoms. The van der Waals surface area contributed by atoms with E-state index in [1.807, 2.05) is 68.6 Å². The van der Waals surface area contributed by atoms with Gasteiger partial charge >= 0.3 is 11.9 Å². The van der Waals surface area contributed by atoms with Crippen molar-refractivity contribution in [2.24, 2.45) is 10.8 Å². The predicted molar refractivity (Wildman–Crippen MR) is 251 cm³/mol. The van der Waals surface area contributed by atoms with Crippen LogP contribution < -0.4 is 9.47 Å². The van der Waals surface area contributed by atoms with Crippen LogP contribution in [0.2, 0.25) is 0 Å². The number of rotatable bonds is 17. The molecule has 360 valence electrons. The Kier molecular flexibility index (Phi) is 19.7. The van der Waals surface area contributed by atoms with Crippen LogP contribution in [0.4, 0.5) is 0 Å². The normalized spacial score (nSPS) is 15.2. The van der Waals surface area contributed by atoms with E-state index in [0.29, 0.717) is 37.2 Å². The zero-order chi connectivity index (χ0) is 49.3. The molecular weight excluding hydrogens is 857 g/mol. The number of benzene rings is 2. The summed E-state index contributed by atoms with van der Waals surface area (Å²) in [7, 11) is 3.12. The number of carboxylic acid groups (broad SMARTS) is 1. The molecule has 6 rings (SSSR count). The highest BCUT2D eigenvalue weighted by Crippen LogP contribution is 2.32. The lowest BCUT2D eigenvalue weighted by molar-refractivity contribution is -0.160. The summed E-state index contributed by atoms with van der Waals surface area (Å²) in [6, 6.07) is 16.8. The number of pyridine rings is 2. The van der Waals surface area contributed by atoms with Gasteiger partial charge in [0.1, 0.15) is 23.6 Å². The van der Waals surface area contributed by atoms with E-state index in [1.165, 1.54) is 15.4 Å². The predicted octanol–water partition coefficient (Wildman–Crippen LogP) is 6.57. The molecule has 2 amide bonds. The number of amides is 2. The van der Waals surface area contributed by atoms with Crippen LogP contribution in [-0.4, -0.2) is 105 Å². The molecular formula is C52H66N4O11. The van der Waals surface area contributed by atoms with Gasteiger partial charge in [-0.2, -0.15) is 0 Å². The van der Waals surface area contributed by atoms with Gasteiger partial charge in [0, 0.05) is 68.2 Å². The Bertz CT molecular complexity index is 2320. The number of hydrogen-bond donors (Lipinski definition) is 2. The Morgan fingerprint density at radius 3 is 1.51 bits per heavy atom. The lowest BCUT2D eigenvalue weighted by Gasteiger charge is -2.36. The van der Waals surface area contributed by atoms with Crippen molar-refractivity contribution in [3.05, 3.63) is 119 Å². The van der Waals surface area contributed by atoms with E-state index in [1.54, 1.807) is 72.6 Å². The highest BCUT2D eigenvalue weighted by Gasteiger charge is 2.43. The first kappa shape index (κ1) is 53.1. The molecule has 0 fully saturated rings. The molecule has 2 aliphatic heterocycles. The smallest absolute Gasteiger partial charge is 0.329 e. The van der Waals surface area contributed by atoms with E-state index in [2.05, 4.69) is 9.97 Å². The molecule has 2 aromatic heterocycles. The molecule has 0 saturated carbocycles. The van der Waals surface area contributed by atoms with Crippen molar-refractivity contribution < 1.29 is 53.2 Å². The van der Waals surface area contributed by atoms with E-state index >= 15 is 0 Å². The number of carbonyl (C=O) groups excluding carboxylic acids is 5. The summed E-state index contributed by atoms with van der Waals surface area (Å²) in [5, 5.41) is 18.0. The second kappa shape index (κ2) is 24.9.